The number of hydrogen-bond donors (Lipinski definition) is 3. The molecular weight excluding hydrogens is 1200 g/mol. The summed E-state index contributed by atoms with van der Waals surface area (Å²) >= 11 is 0. The lowest BCUT2D eigenvalue weighted by Crippen LogP contribution is -2.30. The van der Waals surface area contributed by atoms with Gasteiger partial charge < -0.3 is 33.8 Å². The van der Waals surface area contributed by atoms with Gasteiger partial charge in [-0.2, -0.15) is 0 Å². The summed E-state index contributed by atoms with van der Waals surface area (Å²) in [6, 6.07) is 0. The van der Waals surface area contributed by atoms with Crippen molar-refractivity contribution in [1.82, 2.24) is 0 Å². The van der Waals surface area contributed by atoms with Crippen LogP contribution in [0.1, 0.15) is 357 Å². The monoisotopic (exact) mass is 1340 g/mol. The van der Waals surface area contributed by atoms with Crippen LogP contribution < -0.4 is 0 Å². The van der Waals surface area contributed by atoms with Crippen LogP contribution in [0.25, 0.3) is 0 Å². The first-order chi connectivity index (χ1) is 43.6. The van der Waals surface area contributed by atoms with Gasteiger partial charge in [0.05, 0.1) is 26.4 Å². The lowest BCUT2D eigenvalue weighted by molar-refractivity contribution is -0.161. The van der Waals surface area contributed by atoms with Crippen LogP contribution in [-0.2, 0) is 65.4 Å². The summed E-state index contributed by atoms with van der Waals surface area (Å²) in [5, 5.41) is 10.6. The van der Waals surface area contributed by atoms with Crippen molar-refractivity contribution in [2.75, 3.05) is 39.6 Å². The highest BCUT2D eigenvalue weighted by atomic mass is 31.2. The molecule has 19 heteroatoms. The first-order valence-electron chi connectivity index (χ1n) is 37.2. The zero-order valence-corrected chi connectivity index (χ0v) is 61.3. The number of phosphoric ester groups is 2. The number of carbonyl (C=O) groups excluding carboxylic acids is 4. The van der Waals surface area contributed by atoms with Crippen LogP contribution in [-0.4, -0.2) is 96.7 Å². The van der Waals surface area contributed by atoms with Gasteiger partial charge in [0.2, 0.25) is 0 Å². The fourth-order valence-electron chi connectivity index (χ4n) is 10.8. The summed E-state index contributed by atoms with van der Waals surface area (Å²) < 4.78 is 68.3. The Morgan fingerprint density at radius 1 is 0.275 bits per heavy atom. The van der Waals surface area contributed by atoms with Crippen molar-refractivity contribution in [3.8, 4) is 0 Å². The van der Waals surface area contributed by atoms with E-state index in [1.165, 1.54) is 154 Å². The third kappa shape index (κ3) is 66.5. The highest BCUT2D eigenvalue weighted by molar-refractivity contribution is 7.47. The van der Waals surface area contributed by atoms with Gasteiger partial charge in [-0.25, -0.2) is 9.13 Å². The van der Waals surface area contributed by atoms with E-state index in [0.29, 0.717) is 37.5 Å². The van der Waals surface area contributed by atoms with E-state index in [1.807, 2.05) is 0 Å². The van der Waals surface area contributed by atoms with Crippen molar-refractivity contribution < 1.29 is 80.2 Å². The Labute approximate surface area is 556 Å². The van der Waals surface area contributed by atoms with Gasteiger partial charge in [-0.3, -0.25) is 37.3 Å². The highest BCUT2D eigenvalue weighted by Gasteiger charge is 2.30. The number of esters is 4. The third-order valence-corrected chi connectivity index (χ3v) is 18.5. The Morgan fingerprint density at radius 3 is 0.681 bits per heavy atom. The van der Waals surface area contributed by atoms with E-state index >= 15 is 0 Å². The lowest BCUT2D eigenvalue weighted by Gasteiger charge is -2.21. The molecule has 540 valence electrons. The number of aliphatic hydroxyl groups is 1. The minimum atomic E-state index is -4.95. The Bertz CT molecular complexity index is 1800. The molecule has 0 saturated carbocycles. The zero-order chi connectivity index (χ0) is 67.5. The summed E-state index contributed by atoms with van der Waals surface area (Å²) in [5.41, 5.74) is 0. The van der Waals surface area contributed by atoms with Gasteiger partial charge in [0, 0.05) is 25.7 Å². The highest BCUT2D eigenvalue weighted by Crippen LogP contribution is 2.45. The van der Waals surface area contributed by atoms with E-state index in [-0.39, 0.29) is 25.7 Å². The van der Waals surface area contributed by atoms with Crippen molar-refractivity contribution >= 4 is 39.5 Å². The molecule has 2 unspecified atom stereocenters. The second-order valence-corrected chi connectivity index (χ2v) is 30.8. The van der Waals surface area contributed by atoms with E-state index in [0.717, 1.165) is 108 Å². The van der Waals surface area contributed by atoms with Crippen LogP contribution in [0.15, 0.2) is 0 Å². The number of hydrogen-bond acceptors (Lipinski definition) is 15. The second-order valence-electron chi connectivity index (χ2n) is 27.9. The summed E-state index contributed by atoms with van der Waals surface area (Å²) in [4.78, 5) is 72.5. The van der Waals surface area contributed by atoms with Crippen LogP contribution in [0.2, 0.25) is 0 Å². The first kappa shape index (κ1) is 89.1. The predicted octanol–water partition coefficient (Wildman–Crippen LogP) is 20.5. The average molecular weight is 1340 g/mol. The standard InChI is InChI=1S/C72H140O17P2/c1-62(2)48-40-32-24-19-15-12-10-9-11-13-17-21-27-36-44-52-69(74)82-58-67(88-71(76)54-46-38-28-22-18-14-16-20-25-33-41-49-63(3)4)60-86-90(78,79)84-56-66(73)57-85-91(80,81)87-61-68(59-83-70(75)53-45-37-31-30-35-43-51-65(7)8)89-72(77)55-47-39-29-23-26-34-42-50-64(5)6/h62-68,73H,9-61H2,1-8H3,(H,78,79)(H,80,81)/t66-,67-,68-/m1/s1. The van der Waals surface area contributed by atoms with E-state index in [4.69, 9.17) is 37.0 Å². The third-order valence-electron chi connectivity index (χ3n) is 16.6. The van der Waals surface area contributed by atoms with Crippen LogP contribution in [0.4, 0.5) is 0 Å². The van der Waals surface area contributed by atoms with E-state index < -0.39 is 97.5 Å². The molecule has 0 spiro atoms. The molecule has 5 atom stereocenters. The maximum atomic E-state index is 13.0. The van der Waals surface area contributed by atoms with Crippen molar-refractivity contribution in [1.29, 1.82) is 0 Å². The van der Waals surface area contributed by atoms with Crippen molar-refractivity contribution in [3.05, 3.63) is 0 Å². The van der Waals surface area contributed by atoms with Crippen molar-refractivity contribution in [2.24, 2.45) is 23.7 Å². The van der Waals surface area contributed by atoms with Gasteiger partial charge >= 0.3 is 39.5 Å². The van der Waals surface area contributed by atoms with Gasteiger partial charge in [0.15, 0.2) is 12.2 Å². The Hall–Kier alpha value is -1.94. The molecule has 17 nitrogen and oxygen atoms in total. The van der Waals surface area contributed by atoms with Crippen molar-refractivity contribution in [3.63, 3.8) is 0 Å². The maximum absolute atomic E-state index is 13.0. The molecule has 0 aromatic heterocycles. The number of ether oxygens (including phenoxy) is 4. The molecule has 0 rings (SSSR count). The van der Waals surface area contributed by atoms with Gasteiger partial charge in [-0.15, -0.1) is 0 Å². The summed E-state index contributed by atoms with van der Waals surface area (Å²) in [5.74, 6) is 0.816. The molecule has 0 fully saturated rings. The normalized spacial score (nSPS) is 14.2. The summed E-state index contributed by atoms with van der Waals surface area (Å²) in [7, 11) is -9.90. The summed E-state index contributed by atoms with van der Waals surface area (Å²) in [6.07, 6.45) is 44.7. The Kier molecular flexibility index (Phi) is 60.3. The topological polar surface area (TPSA) is 237 Å². The van der Waals surface area contributed by atoms with Crippen LogP contribution in [0, 0.1) is 23.7 Å². The molecule has 0 saturated heterocycles. The van der Waals surface area contributed by atoms with Gasteiger partial charge in [-0.1, -0.05) is 306 Å². The maximum Gasteiger partial charge on any atom is 0.472 e. The van der Waals surface area contributed by atoms with E-state index in [9.17, 15) is 43.2 Å². The largest absolute Gasteiger partial charge is 0.472 e. The predicted molar refractivity (Wildman–Crippen MR) is 367 cm³/mol. The van der Waals surface area contributed by atoms with E-state index in [1.54, 1.807) is 0 Å². The molecule has 0 aromatic carbocycles. The number of carbonyl (C=O) groups is 4. The van der Waals surface area contributed by atoms with Crippen LogP contribution >= 0.6 is 15.6 Å². The molecule has 0 aromatic rings. The fourth-order valence-corrected chi connectivity index (χ4v) is 12.4. The van der Waals surface area contributed by atoms with Crippen LogP contribution in [0.5, 0.6) is 0 Å². The average Bonchev–Trinajstić information content (AvgIpc) is 3.32. The molecule has 0 radical (unpaired) electrons. The lowest BCUT2D eigenvalue weighted by atomic mass is 10.0. The molecule has 91 heavy (non-hydrogen) atoms. The number of rotatable bonds is 69. The molecule has 0 aliphatic heterocycles. The van der Waals surface area contributed by atoms with Crippen molar-refractivity contribution in [2.45, 2.75) is 375 Å². The van der Waals surface area contributed by atoms with Gasteiger partial charge in [-0.05, 0) is 49.4 Å². The Morgan fingerprint density at radius 2 is 0.462 bits per heavy atom. The zero-order valence-electron chi connectivity index (χ0n) is 59.5. The molecule has 0 bridgehead atoms. The second kappa shape index (κ2) is 61.6. The molecule has 0 aliphatic carbocycles. The molecular formula is C72H140O17P2. The van der Waals surface area contributed by atoms with E-state index in [2.05, 4.69) is 55.4 Å². The number of aliphatic hydroxyl groups excluding tert-OH is 1. The number of unbranched alkanes of at least 4 members (excludes halogenated alkanes) is 35. The van der Waals surface area contributed by atoms with Gasteiger partial charge in [0.25, 0.3) is 0 Å². The first-order valence-corrected chi connectivity index (χ1v) is 40.2. The minimum Gasteiger partial charge on any atom is -0.462 e. The minimum absolute atomic E-state index is 0.102. The molecule has 3 N–H and O–H groups in total. The fraction of sp³-hybridized carbons (Fsp3) is 0.944. The quantitative estimate of drug-likeness (QED) is 0.0222. The molecule has 0 amide bonds. The van der Waals surface area contributed by atoms with Crippen LogP contribution in [0.3, 0.4) is 0 Å². The molecule has 0 heterocycles. The summed E-state index contributed by atoms with van der Waals surface area (Å²) in [6.45, 7) is 14.0. The Balaban J connectivity index is 5.21. The molecule has 0 aliphatic rings. The smallest absolute Gasteiger partial charge is 0.462 e. The number of phosphoric acid groups is 2. The van der Waals surface area contributed by atoms with Gasteiger partial charge in [0.1, 0.15) is 19.3 Å². The SMILES string of the molecule is CC(C)CCCCCCCCCCCCCCCCCC(=O)OC[C@H](COP(=O)(O)OC[C@@H](O)COP(=O)(O)OC[C@@H](COC(=O)CCCCCCCCC(C)C)OC(=O)CCCCCCCCCC(C)C)OC(=O)CCCCCCCCCCCCCC(C)C.